The number of nitrogens with zero attached hydrogens (tertiary/aromatic N) is 2. The Morgan fingerprint density at radius 2 is 1.95 bits per heavy atom. The summed E-state index contributed by atoms with van der Waals surface area (Å²) in [6.07, 6.45) is 1.02. The van der Waals surface area contributed by atoms with Gasteiger partial charge in [-0.2, -0.15) is 17.9 Å². The summed E-state index contributed by atoms with van der Waals surface area (Å²) in [5, 5.41) is 4.17. The third-order valence-electron chi connectivity index (χ3n) is 3.02. The molecule has 1 heterocycles. The summed E-state index contributed by atoms with van der Waals surface area (Å²) >= 11 is 0. The summed E-state index contributed by atoms with van der Waals surface area (Å²) in [6, 6.07) is 6.77. The number of hydrogen-bond acceptors (Lipinski definition) is 4. The molecule has 2 rings (SSSR count). The Labute approximate surface area is 120 Å². The molecule has 20 heavy (non-hydrogen) atoms. The van der Waals surface area contributed by atoms with Gasteiger partial charge in [0.05, 0.1) is 4.90 Å². The molecule has 0 amide bonds. The van der Waals surface area contributed by atoms with Crippen molar-refractivity contribution in [3.8, 4) is 0 Å². The molecule has 6 heteroatoms. The molecule has 1 unspecified atom stereocenters. The van der Waals surface area contributed by atoms with E-state index in [1.807, 2.05) is 6.92 Å². The van der Waals surface area contributed by atoms with Crippen LogP contribution in [0, 0.1) is 6.92 Å². The lowest BCUT2D eigenvalue weighted by atomic mass is 10.2. The number of aryl methyl sites for hydroxylation is 1. The molecule has 1 aromatic rings. The Balaban J connectivity index is 2.40. The number of hydrogen-bond donors (Lipinski definition) is 0. The minimum absolute atomic E-state index is 0.239. The molecule has 1 saturated heterocycles. The van der Waals surface area contributed by atoms with Crippen molar-refractivity contribution in [2.24, 2.45) is 5.10 Å². The number of benzene rings is 1. The summed E-state index contributed by atoms with van der Waals surface area (Å²) in [6.45, 7) is 6.03. The fourth-order valence-corrected chi connectivity index (χ4v) is 3.47. The number of sulfonamides is 1. The van der Waals surface area contributed by atoms with Gasteiger partial charge in [-0.3, -0.25) is 0 Å². The van der Waals surface area contributed by atoms with E-state index in [1.54, 1.807) is 38.1 Å². The summed E-state index contributed by atoms with van der Waals surface area (Å²) in [5.41, 5.74) is 1.69. The molecule has 0 bridgehead atoms. The van der Waals surface area contributed by atoms with E-state index in [-0.39, 0.29) is 4.90 Å². The van der Waals surface area contributed by atoms with Gasteiger partial charge < -0.3 is 4.74 Å². The van der Waals surface area contributed by atoms with E-state index in [4.69, 9.17) is 4.74 Å². The van der Waals surface area contributed by atoms with Gasteiger partial charge in [0.15, 0.2) is 6.23 Å². The number of hydrazone groups is 1. The summed E-state index contributed by atoms with van der Waals surface area (Å²) in [4.78, 5) is 0.239. The zero-order valence-electron chi connectivity index (χ0n) is 12.0. The Kier molecular flexibility index (Phi) is 4.45. The van der Waals surface area contributed by atoms with Crippen LogP contribution in [0.1, 0.15) is 32.3 Å². The second kappa shape index (κ2) is 5.93. The van der Waals surface area contributed by atoms with Crippen molar-refractivity contribution in [3.63, 3.8) is 0 Å². The first-order valence-corrected chi connectivity index (χ1v) is 8.10. The fraction of sp³-hybridized carbons (Fsp3) is 0.500. The summed E-state index contributed by atoms with van der Waals surface area (Å²) < 4.78 is 32.0. The molecule has 1 aliphatic rings. The van der Waals surface area contributed by atoms with Crippen LogP contribution in [-0.4, -0.2) is 31.4 Å². The van der Waals surface area contributed by atoms with Crippen molar-refractivity contribution in [1.29, 1.82) is 0 Å². The molecule has 1 fully saturated rings. The van der Waals surface area contributed by atoms with E-state index in [2.05, 4.69) is 5.10 Å². The molecule has 5 nitrogen and oxygen atoms in total. The zero-order valence-corrected chi connectivity index (χ0v) is 12.9. The second-order valence-electron chi connectivity index (χ2n) is 5.11. The van der Waals surface area contributed by atoms with Crippen LogP contribution in [0.5, 0.6) is 0 Å². The van der Waals surface area contributed by atoms with E-state index < -0.39 is 16.3 Å². The molecule has 0 aromatic heterocycles. The van der Waals surface area contributed by atoms with Crippen LogP contribution in [0.3, 0.4) is 0 Å². The van der Waals surface area contributed by atoms with Crippen LogP contribution in [0.15, 0.2) is 34.3 Å². The van der Waals surface area contributed by atoms with E-state index in [0.717, 1.165) is 16.4 Å². The SMILES string of the molecule is CC(C)=NN(C1CCCO1)S(=O)(=O)c1ccc(C)cc1. The van der Waals surface area contributed by atoms with Gasteiger partial charge in [0.1, 0.15) is 0 Å². The van der Waals surface area contributed by atoms with E-state index in [0.29, 0.717) is 18.7 Å². The minimum atomic E-state index is -3.68. The molecule has 0 radical (unpaired) electrons. The zero-order chi connectivity index (χ0) is 14.8. The predicted molar refractivity (Wildman–Crippen MR) is 78.0 cm³/mol. The van der Waals surface area contributed by atoms with Crippen LogP contribution in [-0.2, 0) is 14.8 Å². The van der Waals surface area contributed by atoms with Crippen molar-refractivity contribution in [3.05, 3.63) is 29.8 Å². The Morgan fingerprint density at radius 1 is 1.30 bits per heavy atom. The van der Waals surface area contributed by atoms with Crippen LogP contribution >= 0.6 is 0 Å². The topological polar surface area (TPSA) is 59.0 Å². The van der Waals surface area contributed by atoms with Gasteiger partial charge in [-0.15, -0.1) is 0 Å². The molecular formula is C14H20N2O3S. The van der Waals surface area contributed by atoms with Crippen LogP contribution in [0.25, 0.3) is 0 Å². The van der Waals surface area contributed by atoms with Crippen LogP contribution in [0.2, 0.25) is 0 Å². The van der Waals surface area contributed by atoms with Gasteiger partial charge >= 0.3 is 0 Å². The van der Waals surface area contributed by atoms with Crippen molar-refractivity contribution in [2.45, 2.75) is 44.7 Å². The highest BCUT2D eigenvalue weighted by Crippen LogP contribution is 2.25. The maximum Gasteiger partial charge on any atom is 0.281 e. The van der Waals surface area contributed by atoms with Crippen molar-refractivity contribution < 1.29 is 13.2 Å². The van der Waals surface area contributed by atoms with Crippen molar-refractivity contribution >= 4 is 15.7 Å². The fourth-order valence-electron chi connectivity index (χ4n) is 2.02. The average Bonchev–Trinajstić information content (AvgIpc) is 2.89. The summed E-state index contributed by atoms with van der Waals surface area (Å²) in [5.74, 6) is 0. The lowest BCUT2D eigenvalue weighted by Crippen LogP contribution is -2.36. The quantitative estimate of drug-likeness (QED) is 0.633. The third-order valence-corrected chi connectivity index (χ3v) is 4.69. The van der Waals surface area contributed by atoms with Crippen LogP contribution in [0.4, 0.5) is 0 Å². The maximum absolute atomic E-state index is 12.7. The molecule has 1 aromatic carbocycles. The predicted octanol–water partition coefficient (Wildman–Crippen LogP) is 2.52. The molecule has 1 aliphatic heterocycles. The van der Waals surface area contributed by atoms with Gasteiger partial charge in [0, 0.05) is 12.3 Å². The van der Waals surface area contributed by atoms with E-state index in [1.165, 1.54) is 0 Å². The monoisotopic (exact) mass is 296 g/mol. The van der Waals surface area contributed by atoms with E-state index in [9.17, 15) is 8.42 Å². The Hall–Kier alpha value is -1.40. The first kappa shape index (κ1) is 15.0. The molecular weight excluding hydrogens is 276 g/mol. The van der Waals surface area contributed by atoms with Gasteiger partial charge in [0.25, 0.3) is 10.0 Å². The van der Waals surface area contributed by atoms with Gasteiger partial charge in [-0.05, 0) is 45.7 Å². The number of ether oxygens (including phenoxy) is 1. The first-order valence-electron chi connectivity index (χ1n) is 6.66. The molecule has 0 aliphatic carbocycles. The van der Waals surface area contributed by atoms with Crippen molar-refractivity contribution in [1.82, 2.24) is 4.41 Å². The first-order chi connectivity index (χ1) is 9.41. The maximum atomic E-state index is 12.7. The van der Waals surface area contributed by atoms with Gasteiger partial charge in [-0.25, -0.2) is 0 Å². The normalized spacial score (nSPS) is 18.9. The van der Waals surface area contributed by atoms with Crippen molar-refractivity contribution in [2.75, 3.05) is 6.61 Å². The highest BCUT2D eigenvalue weighted by atomic mass is 32.2. The number of rotatable bonds is 4. The lowest BCUT2D eigenvalue weighted by Gasteiger charge is -2.25. The molecule has 0 spiro atoms. The Morgan fingerprint density at radius 3 is 2.45 bits per heavy atom. The van der Waals surface area contributed by atoms with Gasteiger partial charge in [0.2, 0.25) is 0 Å². The summed E-state index contributed by atoms with van der Waals surface area (Å²) in [7, 11) is -3.68. The lowest BCUT2D eigenvalue weighted by molar-refractivity contribution is 0.0290. The highest BCUT2D eigenvalue weighted by Gasteiger charge is 2.33. The van der Waals surface area contributed by atoms with Gasteiger partial charge in [-0.1, -0.05) is 17.7 Å². The third kappa shape index (κ3) is 3.19. The highest BCUT2D eigenvalue weighted by molar-refractivity contribution is 7.89. The second-order valence-corrected chi connectivity index (χ2v) is 6.90. The average molecular weight is 296 g/mol. The minimum Gasteiger partial charge on any atom is -0.356 e. The molecule has 110 valence electrons. The standard InChI is InChI=1S/C14H20N2O3S/c1-11(2)15-16(14-5-4-10-19-14)20(17,18)13-8-6-12(3)7-9-13/h6-9,14H,4-5,10H2,1-3H3. The van der Waals surface area contributed by atoms with E-state index >= 15 is 0 Å². The van der Waals surface area contributed by atoms with Crippen LogP contribution < -0.4 is 0 Å². The Bertz CT molecular complexity index is 583. The molecule has 0 saturated carbocycles. The smallest absolute Gasteiger partial charge is 0.281 e. The molecule has 0 N–H and O–H groups in total. The largest absolute Gasteiger partial charge is 0.356 e. The molecule has 1 atom stereocenters.